The lowest BCUT2D eigenvalue weighted by Gasteiger charge is -2.33. The minimum absolute atomic E-state index is 0.155. The van der Waals surface area contributed by atoms with Crippen molar-refractivity contribution in [2.75, 3.05) is 25.5 Å². The van der Waals surface area contributed by atoms with Gasteiger partial charge in [-0.15, -0.1) is 0 Å². The first kappa shape index (κ1) is 15.3. The molecule has 0 aromatic heterocycles. The molecule has 0 amide bonds. The van der Waals surface area contributed by atoms with Gasteiger partial charge in [-0.3, -0.25) is 0 Å². The normalized spacial score (nSPS) is 20.9. The van der Waals surface area contributed by atoms with Crippen molar-refractivity contribution in [2.45, 2.75) is 37.1 Å². The molecule has 0 radical (unpaired) electrons. The maximum Gasteiger partial charge on any atom is 0.238 e. The summed E-state index contributed by atoms with van der Waals surface area (Å²) in [6.07, 6.45) is 3.69. The summed E-state index contributed by atoms with van der Waals surface area (Å²) in [4.78, 5) is 2.51. The highest BCUT2D eigenvalue weighted by atomic mass is 32.2. The predicted molar refractivity (Wildman–Crippen MR) is 81.3 cm³/mol. The SMILES string of the molecule is Cc1ccc(S(N)(=O)=O)cc1NCC1CCCCN1C. The molecular weight excluding hydrogens is 274 g/mol. The number of nitrogens with zero attached hydrogens (tertiary/aromatic N) is 1. The van der Waals surface area contributed by atoms with Crippen LogP contribution in [0.25, 0.3) is 0 Å². The quantitative estimate of drug-likeness (QED) is 0.884. The van der Waals surface area contributed by atoms with Crippen molar-refractivity contribution in [3.8, 4) is 0 Å². The van der Waals surface area contributed by atoms with Crippen LogP contribution >= 0.6 is 0 Å². The molecule has 1 saturated heterocycles. The number of nitrogens with two attached hydrogens (primary N) is 1. The molecule has 112 valence electrons. The van der Waals surface area contributed by atoms with Crippen LogP contribution in [-0.4, -0.2) is 39.5 Å². The van der Waals surface area contributed by atoms with E-state index in [-0.39, 0.29) is 4.90 Å². The van der Waals surface area contributed by atoms with Gasteiger partial charge in [0.25, 0.3) is 0 Å². The van der Waals surface area contributed by atoms with Gasteiger partial charge in [0.05, 0.1) is 4.90 Å². The highest BCUT2D eigenvalue weighted by Gasteiger charge is 2.19. The zero-order valence-electron chi connectivity index (χ0n) is 12.1. The molecule has 2 rings (SSSR count). The van der Waals surface area contributed by atoms with Gasteiger partial charge in [0.1, 0.15) is 0 Å². The Labute approximate surface area is 121 Å². The number of likely N-dealkylation sites (N-methyl/N-ethyl adjacent to an activating group) is 1. The Bertz CT molecular complexity index is 572. The molecule has 1 atom stereocenters. The minimum atomic E-state index is -3.65. The molecule has 1 aliphatic rings. The molecule has 1 unspecified atom stereocenters. The second kappa shape index (κ2) is 6.11. The van der Waals surface area contributed by atoms with E-state index in [4.69, 9.17) is 5.14 Å². The highest BCUT2D eigenvalue weighted by molar-refractivity contribution is 7.89. The molecule has 0 saturated carbocycles. The predicted octanol–water partition coefficient (Wildman–Crippen LogP) is 1.54. The fraction of sp³-hybridized carbons (Fsp3) is 0.571. The van der Waals surface area contributed by atoms with Crippen molar-refractivity contribution in [1.29, 1.82) is 0 Å². The number of likely N-dealkylation sites (tertiary alicyclic amines) is 1. The van der Waals surface area contributed by atoms with Crippen LogP contribution in [0.15, 0.2) is 23.1 Å². The first-order chi connectivity index (χ1) is 9.38. The molecule has 5 nitrogen and oxygen atoms in total. The minimum Gasteiger partial charge on any atom is -0.383 e. The highest BCUT2D eigenvalue weighted by Crippen LogP contribution is 2.21. The van der Waals surface area contributed by atoms with Gasteiger partial charge in [0, 0.05) is 18.3 Å². The number of aryl methyl sites for hydroxylation is 1. The van der Waals surface area contributed by atoms with Crippen LogP contribution in [-0.2, 0) is 10.0 Å². The van der Waals surface area contributed by atoms with Crippen LogP contribution in [0.4, 0.5) is 5.69 Å². The number of piperidine rings is 1. The van der Waals surface area contributed by atoms with Gasteiger partial charge in [-0.2, -0.15) is 0 Å². The van der Waals surface area contributed by atoms with Crippen molar-refractivity contribution in [3.05, 3.63) is 23.8 Å². The third-order valence-corrected chi connectivity index (χ3v) is 4.90. The molecule has 0 spiro atoms. The summed E-state index contributed by atoms with van der Waals surface area (Å²) in [5.41, 5.74) is 1.87. The molecule has 0 aliphatic carbocycles. The topological polar surface area (TPSA) is 75.4 Å². The van der Waals surface area contributed by atoms with Gasteiger partial charge in [-0.1, -0.05) is 12.5 Å². The van der Waals surface area contributed by atoms with Gasteiger partial charge in [-0.05, 0) is 51.1 Å². The zero-order chi connectivity index (χ0) is 14.8. The summed E-state index contributed by atoms with van der Waals surface area (Å²) in [7, 11) is -1.51. The Kier molecular flexibility index (Phi) is 4.67. The average molecular weight is 297 g/mol. The van der Waals surface area contributed by atoms with E-state index in [2.05, 4.69) is 17.3 Å². The smallest absolute Gasteiger partial charge is 0.238 e. The zero-order valence-corrected chi connectivity index (χ0v) is 12.9. The van der Waals surface area contributed by atoms with Crippen LogP contribution in [0, 0.1) is 6.92 Å². The van der Waals surface area contributed by atoms with E-state index in [0.29, 0.717) is 6.04 Å². The number of sulfonamides is 1. The van der Waals surface area contributed by atoms with Crippen molar-refractivity contribution < 1.29 is 8.42 Å². The summed E-state index contributed by atoms with van der Waals surface area (Å²) in [6.45, 7) is 3.91. The van der Waals surface area contributed by atoms with Crippen LogP contribution in [0.3, 0.4) is 0 Å². The van der Waals surface area contributed by atoms with Crippen LogP contribution < -0.4 is 10.5 Å². The van der Waals surface area contributed by atoms with Gasteiger partial charge in [0.15, 0.2) is 0 Å². The second-order valence-electron chi connectivity index (χ2n) is 5.53. The molecule has 6 heteroatoms. The number of benzene rings is 1. The van der Waals surface area contributed by atoms with Crippen LogP contribution in [0.5, 0.6) is 0 Å². The number of primary sulfonamides is 1. The lowest BCUT2D eigenvalue weighted by Crippen LogP contribution is -2.40. The van der Waals surface area contributed by atoms with E-state index in [9.17, 15) is 8.42 Å². The van der Waals surface area contributed by atoms with Gasteiger partial charge in [0.2, 0.25) is 10.0 Å². The Hall–Kier alpha value is -1.11. The molecule has 1 aromatic rings. The number of hydrogen-bond donors (Lipinski definition) is 2. The third kappa shape index (κ3) is 3.71. The van der Waals surface area contributed by atoms with Gasteiger partial charge < -0.3 is 10.2 Å². The largest absolute Gasteiger partial charge is 0.383 e. The Morgan fingerprint density at radius 1 is 1.40 bits per heavy atom. The number of anilines is 1. The molecular formula is C14H23N3O2S. The summed E-state index contributed by atoms with van der Waals surface area (Å²) >= 11 is 0. The van der Waals surface area contributed by atoms with Crippen molar-refractivity contribution in [2.24, 2.45) is 5.14 Å². The fourth-order valence-electron chi connectivity index (χ4n) is 2.60. The van der Waals surface area contributed by atoms with E-state index < -0.39 is 10.0 Å². The second-order valence-corrected chi connectivity index (χ2v) is 7.09. The van der Waals surface area contributed by atoms with E-state index in [1.54, 1.807) is 18.2 Å². The molecule has 1 aliphatic heterocycles. The summed E-state index contributed by atoms with van der Waals surface area (Å²) in [5, 5.41) is 8.54. The Balaban J connectivity index is 2.09. The van der Waals surface area contributed by atoms with Crippen LogP contribution in [0.2, 0.25) is 0 Å². The monoisotopic (exact) mass is 297 g/mol. The van der Waals surface area contributed by atoms with Crippen LogP contribution in [0.1, 0.15) is 24.8 Å². The van der Waals surface area contributed by atoms with Gasteiger partial charge >= 0.3 is 0 Å². The van der Waals surface area contributed by atoms with Crippen molar-refractivity contribution in [3.63, 3.8) is 0 Å². The molecule has 1 fully saturated rings. The van der Waals surface area contributed by atoms with Gasteiger partial charge in [-0.25, -0.2) is 13.6 Å². The maximum atomic E-state index is 11.4. The molecule has 1 heterocycles. The third-order valence-electron chi connectivity index (χ3n) is 3.99. The first-order valence-corrected chi connectivity index (χ1v) is 8.50. The Morgan fingerprint density at radius 2 is 2.15 bits per heavy atom. The molecule has 1 aromatic carbocycles. The lowest BCUT2D eigenvalue weighted by atomic mass is 10.0. The van der Waals surface area contributed by atoms with E-state index >= 15 is 0 Å². The van der Waals surface area contributed by atoms with Crippen molar-refractivity contribution >= 4 is 15.7 Å². The molecule has 20 heavy (non-hydrogen) atoms. The average Bonchev–Trinajstić information content (AvgIpc) is 2.38. The molecule has 3 N–H and O–H groups in total. The number of rotatable bonds is 4. The number of nitrogens with one attached hydrogen (secondary N) is 1. The lowest BCUT2D eigenvalue weighted by molar-refractivity contribution is 0.194. The Morgan fingerprint density at radius 3 is 2.80 bits per heavy atom. The van der Waals surface area contributed by atoms with E-state index in [1.165, 1.54) is 19.3 Å². The number of hydrogen-bond acceptors (Lipinski definition) is 4. The molecule has 0 bridgehead atoms. The van der Waals surface area contributed by atoms with E-state index in [0.717, 1.165) is 24.3 Å². The fourth-order valence-corrected chi connectivity index (χ4v) is 3.14. The summed E-state index contributed by atoms with van der Waals surface area (Å²) in [6, 6.07) is 5.45. The first-order valence-electron chi connectivity index (χ1n) is 6.95. The standard InChI is InChI=1S/C14H23N3O2S/c1-11-6-7-13(20(15,18)19)9-14(11)16-10-12-5-3-4-8-17(12)2/h6-7,9,12,16H,3-5,8,10H2,1-2H3,(H2,15,18,19). The maximum absolute atomic E-state index is 11.4. The van der Waals surface area contributed by atoms with Crippen molar-refractivity contribution in [1.82, 2.24) is 4.90 Å². The summed E-state index contributed by atoms with van der Waals surface area (Å²) in [5.74, 6) is 0. The summed E-state index contributed by atoms with van der Waals surface area (Å²) < 4.78 is 22.8. The van der Waals surface area contributed by atoms with E-state index in [1.807, 2.05) is 6.92 Å².